The molecule has 41 heavy (non-hydrogen) atoms. The summed E-state index contributed by atoms with van der Waals surface area (Å²) in [6.07, 6.45) is 1.93. The smallest absolute Gasteiger partial charge is 0.243 e. The molecule has 3 rings (SSSR count). The van der Waals surface area contributed by atoms with Crippen molar-refractivity contribution in [1.82, 2.24) is 10.2 Å². The van der Waals surface area contributed by atoms with Crippen LogP contribution in [0.25, 0.3) is 0 Å². The average molecular weight is 643 g/mol. The molecule has 7 nitrogen and oxygen atoms in total. The third kappa shape index (κ3) is 9.71. The summed E-state index contributed by atoms with van der Waals surface area (Å²) >= 11 is 3.50. The third-order valence-electron chi connectivity index (χ3n) is 6.87. The van der Waals surface area contributed by atoms with Crippen molar-refractivity contribution in [2.75, 3.05) is 17.1 Å². The highest BCUT2D eigenvalue weighted by molar-refractivity contribution is 9.10. The molecular formula is C32H40BrN3O4S. The Kier molecular flexibility index (Phi) is 11.5. The lowest BCUT2D eigenvalue weighted by atomic mass is 10.0. The zero-order valence-electron chi connectivity index (χ0n) is 24.4. The SMILES string of the molecule is Cc1ccc(N(CCCC(=O)N(Cc2cccc(Br)c2)[C@H](Cc2ccccc2)C(=O)NC(C)C)S(C)(=O)=O)cc1C. The fraction of sp³-hybridized carbons (Fsp3) is 0.375. The van der Waals surface area contributed by atoms with Gasteiger partial charge in [-0.2, -0.15) is 0 Å². The van der Waals surface area contributed by atoms with Crippen LogP contribution in [-0.2, 0) is 32.6 Å². The molecule has 0 aliphatic rings. The van der Waals surface area contributed by atoms with Crippen LogP contribution in [0.4, 0.5) is 5.69 Å². The van der Waals surface area contributed by atoms with E-state index in [1.807, 2.05) is 94.4 Å². The number of amides is 2. The van der Waals surface area contributed by atoms with Crippen molar-refractivity contribution >= 4 is 43.5 Å². The molecule has 1 N–H and O–H groups in total. The summed E-state index contributed by atoms with van der Waals surface area (Å²) in [6, 6.07) is 22.0. The number of anilines is 1. The van der Waals surface area contributed by atoms with Crippen LogP contribution >= 0.6 is 15.9 Å². The van der Waals surface area contributed by atoms with Gasteiger partial charge in [0, 0.05) is 36.4 Å². The summed E-state index contributed by atoms with van der Waals surface area (Å²) in [6.45, 7) is 8.10. The van der Waals surface area contributed by atoms with Crippen LogP contribution in [0.3, 0.4) is 0 Å². The van der Waals surface area contributed by atoms with Gasteiger partial charge >= 0.3 is 0 Å². The summed E-state index contributed by atoms with van der Waals surface area (Å²) in [7, 11) is -3.56. The summed E-state index contributed by atoms with van der Waals surface area (Å²) in [4.78, 5) is 29.0. The molecule has 0 aromatic heterocycles. The fourth-order valence-electron chi connectivity index (χ4n) is 4.65. The van der Waals surface area contributed by atoms with Gasteiger partial charge in [0.15, 0.2) is 0 Å². The molecule has 0 unspecified atom stereocenters. The molecule has 0 bridgehead atoms. The van der Waals surface area contributed by atoms with Crippen LogP contribution in [-0.4, -0.2) is 50.0 Å². The van der Waals surface area contributed by atoms with E-state index in [2.05, 4.69) is 21.2 Å². The first-order chi connectivity index (χ1) is 19.3. The minimum atomic E-state index is -3.56. The highest BCUT2D eigenvalue weighted by atomic mass is 79.9. The number of carbonyl (C=O) groups excluding carboxylic acids is 2. The molecule has 220 valence electrons. The first kappa shape index (κ1) is 32.3. The van der Waals surface area contributed by atoms with Gasteiger partial charge in [-0.25, -0.2) is 8.42 Å². The van der Waals surface area contributed by atoms with E-state index < -0.39 is 16.1 Å². The highest BCUT2D eigenvalue weighted by Crippen LogP contribution is 2.23. The Hall–Kier alpha value is -3.17. The van der Waals surface area contributed by atoms with E-state index in [1.165, 1.54) is 10.6 Å². The second-order valence-electron chi connectivity index (χ2n) is 10.7. The van der Waals surface area contributed by atoms with Gasteiger partial charge in [0.1, 0.15) is 6.04 Å². The van der Waals surface area contributed by atoms with E-state index in [-0.39, 0.29) is 37.4 Å². The fourth-order valence-corrected chi connectivity index (χ4v) is 6.06. The van der Waals surface area contributed by atoms with Gasteiger partial charge < -0.3 is 10.2 Å². The first-order valence-corrected chi connectivity index (χ1v) is 16.4. The van der Waals surface area contributed by atoms with Gasteiger partial charge in [-0.3, -0.25) is 13.9 Å². The largest absolute Gasteiger partial charge is 0.352 e. The lowest BCUT2D eigenvalue weighted by Crippen LogP contribution is -2.51. The number of sulfonamides is 1. The maximum atomic E-state index is 13.9. The molecule has 0 aliphatic heterocycles. The number of carbonyl (C=O) groups is 2. The van der Waals surface area contributed by atoms with Gasteiger partial charge in [0.05, 0.1) is 11.9 Å². The number of rotatable bonds is 13. The number of hydrogen-bond acceptors (Lipinski definition) is 4. The molecule has 0 spiro atoms. The van der Waals surface area contributed by atoms with Gasteiger partial charge in [-0.1, -0.05) is 64.5 Å². The molecular weight excluding hydrogens is 602 g/mol. The normalized spacial score (nSPS) is 12.2. The second kappa shape index (κ2) is 14.6. The Morgan fingerprint density at radius 1 is 0.902 bits per heavy atom. The Balaban J connectivity index is 1.89. The Morgan fingerprint density at radius 2 is 1.59 bits per heavy atom. The highest BCUT2D eigenvalue weighted by Gasteiger charge is 2.31. The van der Waals surface area contributed by atoms with Crippen molar-refractivity contribution in [3.8, 4) is 0 Å². The van der Waals surface area contributed by atoms with Gasteiger partial charge in [-0.15, -0.1) is 0 Å². The van der Waals surface area contributed by atoms with Crippen molar-refractivity contribution in [3.63, 3.8) is 0 Å². The van der Waals surface area contributed by atoms with E-state index in [0.717, 1.165) is 26.7 Å². The predicted molar refractivity (Wildman–Crippen MR) is 169 cm³/mol. The maximum Gasteiger partial charge on any atom is 0.243 e. The van der Waals surface area contributed by atoms with Crippen LogP contribution in [0.2, 0.25) is 0 Å². The molecule has 9 heteroatoms. The van der Waals surface area contributed by atoms with Crippen molar-refractivity contribution in [1.29, 1.82) is 0 Å². The van der Waals surface area contributed by atoms with Crippen LogP contribution in [0.15, 0.2) is 77.3 Å². The lowest BCUT2D eigenvalue weighted by Gasteiger charge is -2.32. The average Bonchev–Trinajstić information content (AvgIpc) is 2.89. The van der Waals surface area contributed by atoms with Crippen molar-refractivity contribution in [3.05, 3.63) is 99.5 Å². The van der Waals surface area contributed by atoms with Gasteiger partial charge in [0.25, 0.3) is 0 Å². The Labute approximate surface area is 253 Å². The molecule has 0 saturated carbocycles. The zero-order valence-corrected chi connectivity index (χ0v) is 26.8. The standard InChI is InChI=1S/C32H40BrN3O4S/c1-23(2)34-32(38)30(21-26-11-7-6-8-12-26)35(22-27-13-9-14-28(33)20-27)31(37)15-10-18-36(41(5,39)40)29-17-16-24(3)25(4)19-29/h6-9,11-14,16-17,19-20,23,30H,10,15,18,21-22H2,1-5H3,(H,34,38)/t30-/m1/s1. The molecule has 0 aliphatic carbocycles. The van der Waals surface area contributed by atoms with Gasteiger partial charge in [-0.05, 0) is 80.6 Å². The summed E-state index contributed by atoms with van der Waals surface area (Å²) in [5.41, 5.74) is 4.47. The molecule has 3 aromatic rings. The van der Waals surface area contributed by atoms with E-state index in [4.69, 9.17) is 0 Å². The summed E-state index contributed by atoms with van der Waals surface area (Å²) in [5.74, 6) is -0.432. The topological polar surface area (TPSA) is 86.8 Å². The first-order valence-electron chi connectivity index (χ1n) is 13.8. The molecule has 0 fully saturated rings. The van der Waals surface area contributed by atoms with Crippen molar-refractivity contribution in [2.45, 2.75) is 65.6 Å². The quantitative estimate of drug-likeness (QED) is 0.256. The Bertz CT molecular complexity index is 1440. The number of hydrogen-bond donors (Lipinski definition) is 1. The van der Waals surface area contributed by atoms with E-state index in [9.17, 15) is 18.0 Å². The molecule has 0 radical (unpaired) electrons. The molecule has 0 saturated heterocycles. The summed E-state index contributed by atoms with van der Waals surface area (Å²) < 4.78 is 27.6. The maximum absolute atomic E-state index is 13.9. The third-order valence-corrected chi connectivity index (χ3v) is 8.56. The minimum absolute atomic E-state index is 0.0884. The number of nitrogens with zero attached hydrogens (tertiary/aromatic N) is 2. The molecule has 2 amide bonds. The second-order valence-corrected chi connectivity index (χ2v) is 13.6. The lowest BCUT2D eigenvalue weighted by molar-refractivity contribution is -0.141. The predicted octanol–water partition coefficient (Wildman–Crippen LogP) is 5.78. The Morgan fingerprint density at radius 3 is 2.20 bits per heavy atom. The van der Waals surface area contributed by atoms with Crippen LogP contribution in [0.5, 0.6) is 0 Å². The van der Waals surface area contributed by atoms with Crippen LogP contribution in [0.1, 0.15) is 48.9 Å². The van der Waals surface area contributed by atoms with Gasteiger partial charge in [0.2, 0.25) is 21.8 Å². The number of halogens is 1. The number of benzene rings is 3. The molecule has 1 atom stereocenters. The molecule has 3 aromatic carbocycles. The summed E-state index contributed by atoms with van der Waals surface area (Å²) in [5, 5.41) is 2.99. The van der Waals surface area contributed by atoms with E-state index >= 15 is 0 Å². The number of aryl methyl sites for hydroxylation is 2. The van der Waals surface area contributed by atoms with Crippen molar-refractivity contribution in [2.24, 2.45) is 0 Å². The van der Waals surface area contributed by atoms with Crippen molar-refractivity contribution < 1.29 is 18.0 Å². The van der Waals surface area contributed by atoms with E-state index in [1.54, 1.807) is 11.0 Å². The minimum Gasteiger partial charge on any atom is -0.352 e. The van der Waals surface area contributed by atoms with Crippen LogP contribution < -0.4 is 9.62 Å². The monoisotopic (exact) mass is 641 g/mol. The van der Waals surface area contributed by atoms with E-state index in [0.29, 0.717) is 18.5 Å². The number of nitrogens with one attached hydrogen (secondary N) is 1. The molecule has 0 heterocycles. The zero-order chi connectivity index (χ0) is 30.2. The van der Waals surface area contributed by atoms with Crippen LogP contribution in [0, 0.1) is 13.8 Å².